The Morgan fingerprint density at radius 1 is 1.07 bits per heavy atom. The molecule has 1 saturated heterocycles. The normalized spacial score (nSPS) is 15.0. The number of sulfonamides is 1. The molecule has 3 rings (SSSR count). The Bertz CT molecular complexity index is 980. The minimum Gasteiger partial charge on any atom is -0.366 e. The molecule has 1 aliphatic rings. The largest absolute Gasteiger partial charge is 0.366 e. The molecule has 28 heavy (non-hydrogen) atoms. The van der Waals surface area contributed by atoms with Gasteiger partial charge in [0.15, 0.2) is 0 Å². The van der Waals surface area contributed by atoms with Gasteiger partial charge in [0.05, 0.1) is 17.3 Å². The summed E-state index contributed by atoms with van der Waals surface area (Å²) in [6, 6.07) is 10.5. The monoisotopic (exact) mass is 445 g/mol. The molecule has 1 aliphatic heterocycles. The van der Waals surface area contributed by atoms with Crippen molar-refractivity contribution in [2.24, 2.45) is 0 Å². The number of carbonyl (C=O) groups excluding carboxylic acids is 1. The van der Waals surface area contributed by atoms with Crippen molar-refractivity contribution in [3.05, 3.63) is 58.3 Å². The van der Waals surface area contributed by atoms with Gasteiger partial charge in [-0.05, 0) is 30.3 Å². The number of halogens is 3. The highest BCUT2D eigenvalue weighted by molar-refractivity contribution is 7.89. The number of hydrogen-bond acceptors (Lipinski definition) is 4. The lowest BCUT2D eigenvalue weighted by atomic mass is 10.2. The number of hydrogen-bond donors (Lipinski definition) is 1. The van der Waals surface area contributed by atoms with E-state index in [0.717, 1.165) is 0 Å². The summed E-state index contributed by atoms with van der Waals surface area (Å²) < 4.78 is 40.9. The van der Waals surface area contributed by atoms with Crippen molar-refractivity contribution in [1.29, 1.82) is 0 Å². The smallest absolute Gasteiger partial charge is 0.242 e. The molecule has 1 fully saturated rings. The molecule has 1 heterocycles. The number of rotatable bonds is 5. The lowest BCUT2D eigenvalue weighted by Crippen LogP contribution is -2.51. The molecule has 6 nitrogen and oxygen atoms in total. The lowest BCUT2D eigenvalue weighted by Gasteiger charge is -2.36. The van der Waals surface area contributed by atoms with E-state index in [2.05, 4.69) is 4.72 Å². The van der Waals surface area contributed by atoms with Crippen LogP contribution in [0.3, 0.4) is 0 Å². The Labute approximate surface area is 172 Å². The maximum absolute atomic E-state index is 13.9. The molecule has 0 unspecified atom stereocenters. The fraction of sp³-hybridized carbons (Fsp3) is 0.278. The van der Waals surface area contributed by atoms with Crippen LogP contribution in [0.15, 0.2) is 47.4 Å². The number of piperazine rings is 1. The van der Waals surface area contributed by atoms with E-state index in [1.54, 1.807) is 23.1 Å². The minimum atomic E-state index is -3.98. The molecule has 1 N–H and O–H groups in total. The van der Waals surface area contributed by atoms with Crippen molar-refractivity contribution in [3.8, 4) is 0 Å². The zero-order valence-corrected chi connectivity index (χ0v) is 17.1. The predicted octanol–water partition coefficient (Wildman–Crippen LogP) is 2.76. The molecule has 0 spiro atoms. The van der Waals surface area contributed by atoms with Gasteiger partial charge in [-0.2, -0.15) is 0 Å². The van der Waals surface area contributed by atoms with E-state index in [9.17, 15) is 17.6 Å². The second kappa shape index (κ2) is 8.65. The molecule has 0 bridgehead atoms. The number of nitrogens with one attached hydrogen (secondary N) is 1. The molecule has 0 saturated carbocycles. The maximum Gasteiger partial charge on any atom is 0.242 e. The molecule has 150 valence electrons. The van der Waals surface area contributed by atoms with Crippen molar-refractivity contribution >= 4 is 44.8 Å². The van der Waals surface area contributed by atoms with Crippen LogP contribution in [0.2, 0.25) is 10.0 Å². The Balaban J connectivity index is 1.57. The second-order valence-corrected chi connectivity index (χ2v) is 8.80. The first-order chi connectivity index (χ1) is 13.3. The summed E-state index contributed by atoms with van der Waals surface area (Å²) in [7, 11) is -3.98. The summed E-state index contributed by atoms with van der Waals surface area (Å²) in [5.41, 5.74) is 0.492. The fourth-order valence-corrected chi connectivity index (χ4v) is 4.67. The SMILES string of the molecule is O=C(CNS(=O)(=O)c1cc(Cl)ccc1Cl)N1CCN(c2ccccc2F)CC1. The van der Waals surface area contributed by atoms with Gasteiger partial charge in [-0.3, -0.25) is 4.79 Å². The van der Waals surface area contributed by atoms with E-state index >= 15 is 0 Å². The van der Waals surface area contributed by atoms with Gasteiger partial charge in [0.1, 0.15) is 10.7 Å². The Hall–Kier alpha value is -1.87. The molecule has 0 aliphatic carbocycles. The number of benzene rings is 2. The first-order valence-corrected chi connectivity index (χ1v) is 10.7. The van der Waals surface area contributed by atoms with Crippen LogP contribution in [0.25, 0.3) is 0 Å². The topological polar surface area (TPSA) is 69.7 Å². The predicted molar refractivity (Wildman–Crippen MR) is 107 cm³/mol. The van der Waals surface area contributed by atoms with Gasteiger partial charge in [-0.15, -0.1) is 0 Å². The fourth-order valence-electron chi connectivity index (χ4n) is 2.93. The summed E-state index contributed by atoms with van der Waals surface area (Å²) in [4.78, 5) is 15.6. The number of para-hydroxylation sites is 1. The van der Waals surface area contributed by atoms with E-state index in [1.807, 2.05) is 4.90 Å². The number of nitrogens with zero attached hydrogens (tertiary/aromatic N) is 2. The quantitative estimate of drug-likeness (QED) is 0.767. The molecular formula is C18H18Cl2FN3O3S. The zero-order valence-electron chi connectivity index (χ0n) is 14.7. The lowest BCUT2D eigenvalue weighted by molar-refractivity contribution is -0.130. The van der Waals surface area contributed by atoms with Crippen molar-refractivity contribution in [2.45, 2.75) is 4.90 Å². The first-order valence-electron chi connectivity index (χ1n) is 8.50. The van der Waals surface area contributed by atoms with E-state index < -0.39 is 16.6 Å². The van der Waals surface area contributed by atoms with Gasteiger partial charge in [0.2, 0.25) is 15.9 Å². The third kappa shape index (κ3) is 4.75. The maximum atomic E-state index is 13.9. The summed E-state index contributed by atoms with van der Waals surface area (Å²) in [5, 5.41) is 0.239. The van der Waals surface area contributed by atoms with Gasteiger partial charge in [-0.25, -0.2) is 17.5 Å². The second-order valence-electron chi connectivity index (χ2n) is 6.22. The van der Waals surface area contributed by atoms with Gasteiger partial charge in [0, 0.05) is 31.2 Å². The molecule has 10 heteroatoms. The Kier molecular flexibility index (Phi) is 6.44. The summed E-state index contributed by atoms with van der Waals surface area (Å²) >= 11 is 11.7. The van der Waals surface area contributed by atoms with E-state index in [0.29, 0.717) is 31.9 Å². The van der Waals surface area contributed by atoms with Gasteiger partial charge >= 0.3 is 0 Å². The van der Waals surface area contributed by atoms with Gasteiger partial charge in [0.25, 0.3) is 0 Å². The highest BCUT2D eigenvalue weighted by Crippen LogP contribution is 2.25. The van der Waals surface area contributed by atoms with Crippen LogP contribution in [-0.4, -0.2) is 51.9 Å². The minimum absolute atomic E-state index is 0.0165. The average Bonchev–Trinajstić information content (AvgIpc) is 2.68. The Morgan fingerprint density at radius 3 is 2.43 bits per heavy atom. The van der Waals surface area contributed by atoms with Crippen LogP contribution >= 0.6 is 23.2 Å². The molecule has 0 atom stereocenters. The summed E-state index contributed by atoms with van der Waals surface area (Å²) in [6.45, 7) is 1.25. The van der Waals surface area contributed by atoms with E-state index in [-0.39, 0.29) is 26.7 Å². The van der Waals surface area contributed by atoms with Gasteiger partial charge < -0.3 is 9.80 Å². The zero-order chi connectivity index (χ0) is 20.3. The third-order valence-electron chi connectivity index (χ3n) is 4.42. The van der Waals surface area contributed by atoms with Crippen LogP contribution in [-0.2, 0) is 14.8 Å². The molecule has 0 radical (unpaired) electrons. The van der Waals surface area contributed by atoms with Crippen LogP contribution in [0.4, 0.5) is 10.1 Å². The summed E-state index contributed by atoms with van der Waals surface area (Å²) in [6.07, 6.45) is 0. The van der Waals surface area contributed by atoms with E-state index in [1.165, 1.54) is 24.3 Å². The van der Waals surface area contributed by atoms with Gasteiger partial charge in [-0.1, -0.05) is 35.3 Å². The average molecular weight is 446 g/mol. The Morgan fingerprint density at radius 2 is 1.75 bits per heavy atom. The van der Waals surface area contributed by atoms with Crippen molar-refractivity contribution < 1.29 is 17.6 Å². The number of anilines is 1. The molecular weight excluding hydrogens is 428 g/mol. The van der Waals surface area contributed by atoms with Crippen LogP contribution in [0.1, 0.15) is 0 Å². The number of carbonyl (C=O) groups is 1. The van der Waals surface area contributed by atoms with E-state index in [4.69, 9.17) is 23.2 Å². The molecule has 1 amide bonds. The van der Waals surface area contributed by atoms with Crippen molar-refractivity contribution in [3.63, 3.8) is 0 Å². The molecule has 2 aromatic rings. The standard InChI is InChI=1S/C18H18Cl2FN3O3S/c19-13-5-6-14(20)17(11-13)28(26,27)22-12-18(25)24-9-7-23(8-10-24)16-4-2-1-3-15(16)21/h1-6,11,22H,7-10,12H2. The molecule has 2 aromatic carbocycles. The first kappa shape index (κ1) is 20.9. The summed E-state index contributed by atoms with van der Waals surface area (Å²) in [5.74, 6) is -0.677. The van der Waals surface area contributed by atoms with Crippen molar-refractivity contribution in [2.75, 3.05) is 37.6 Å². The molecule has 0 aromatic heterocycles. The van der Waals surface area contributed by atoms with Crippen LogP contribution in [0, 0.1) is 5.82 Å². The van der Waals surface area contributed by atoms with Crippen LogP contribution < -0.4 is 9.62 Å². The third-order valence-corrected chi connectivity index (χ3v) is 6.54. The highest BCUT2D eigenvalue weighted by atomic mass is 35.5. The number of amides is 1. The van der Waals surface area contributed by atoms with Crippen LogP contribution in [0.5, 0.6) is 0 Å². The van der Waals surface area contributed by atoms with Crippen molar-refractivity contribution in [1.82, 2.24) is 9.62 Å². The highest BCUT2D eigenvalue weighted by Gasteiger charge is 2.25.